The molecule has 11 heteroatoms. The third-order valence-corrected chi connectivity index (χ3v) is 10.4. The van der Waals surface area contributed by atoms with Gasteiger partial charge in [0.25, 0.3) is 0 Å². The zero-order valence-corrected chi connectivity index (χ0v) is 20.1. The first-order valence-corrected chi connectivity index (χ1v) is 13.9. The average Bonchev–Trinajstić information content (AvgIpc) is 3.15. The Bertz CT molecular complexity index is 1230. The van der Waals surface area contributed by atoms with Crippen LogP contribution in [0.5, 0.6) is 11.5 Å². The van der Waals surface area contributed by atoms with Crippen LogP contribution in [-0.2, 0) is 19.7 Å². The molecule has 2 atom stereocenters. The zero-order valence-electron chi connectivity index (χ0n) is 18.5. The maximum absolute atomic E-state index is 14.2. The SMILES string of the molecule is COc1ccc(S(=O)(=O)[C@H]2CS(=O)(=O)C[C@@H]2N2CCN(c3ccccc3F)CC2)cc1OC. The summed E-state index contributed by atoms with van der Waals surface area (Å²) in [7, 11) is -4.64. The van der Waals surface area contributed by atoms with Gasteiger partial charge in [0.2, 0.25) is 0 Å². The molecule has 0 amide bonds. The van der Waals surface area contributed by atoms with Crippen molar-refractivity contribution in [2.75, 3.05) is 56.8 Å². The van der Waals surface area contributed by atoms with Gasteiger partial charge in [-0.1, -0.05) is 12.1 Å². The van der Waals surface area contributed by atoms with E-state index in [1.54, 1.807) is 18.2 Å². The Kier molecular flexibility index (Phi) is 6.56. The first kappa shape index (κ1) is 23.8. The van der Waals surface area contributed by atoms with Crippen molar-refractivity contribution in [2.45, 2.75) is 16.2 Å². The number of anilines is 1. The minimum atomic E-state index is -3.97. The van der Waals surface area contributed by atoms with Crippen LogP contribution in [0.25, 0.3) is 0 Å². The minimum absolute atomic E-state index is 0.00255. The van der Waals surface area contributed by atoms with Crippen molar-refractivity contribution < 1.29 is 30.7 Å². The van der Waals surface area contributed by atoms with Gasteiger partial charge in [-0.2, -0.15) is 0 Å². The number of piperazine rings is 1. The molecule has 0 spiro atoms. The number of para-hydroxylation sites is 1. The maximum Gasteiger partial charge on any atom is 0.183 e. The summed E-state index contributed by atoms with van der Waals surface area (Å²) in [6, 6.07) is 10.1. The van der Waals surface area contributed by atoms with Gasteiger partial charge < -0.3 is 14.4 Å². The van der Waals surface area contributed by atoms with Crippen molar-refractivity contribution in [1.82, 2.24) is 4.90 Å². The van der Waals surface area contributed by atoms with Gasteiger partial charge in [-0.3, -0.25) is 4.90 Å². The quantitative estimate of drug-likeness (QED) is 0.593. The largest absolute Gasteiger partial charge is 0.493 e. The van der Waals surface area contributed by atoms with Crippen LogP contribution < -0.4 is 14.4 Å². The Hall–Kier alpha value is -2.37. The van der Waals surface area contributed by atoms with E-state index in [1.807, 2.05) is 9.80 Å². The second-order valence-corrected chi connectivity index (χ2v) is 12.5. The number of nitrogens with zero attached hydrogens (tertiary/aromatic N) is 2. The van der Waals surface area contributed by atoms with Crippen LogP contribution in [0.2, 0.25) is 0 Å². The second kappa shape index (κ2) is 9.11. The van der Waals surface area contributed by atoms with Gasteiger partial charge in [0.15, 0.2) is 31.2 Å². The molecule has 2 saturated heterocycles. The van der Waals surface area contributed by atoms with E-state index in [0.29, 0.717) is 37.6 Å². The van der Waals surface area contributed by atoms with Crippen molar-refractivity contribution in [3.8, 4) is 11.5 Å². The molecule has 8 nitrogen and oxygen atoms in total. The van der Waals surface area contributed by atoms with Crippen LogP contribution in [0.15, 0.2) is 47.4 Å². The molecule has 0 N–H and O–H groups in total. The summed E-state index contributed by atoms with van der Waals surface area (Å²) in [5.74, 6) is -0.319. The molecule has 0 unspecified atom stereocenters. The van der Waals surface area contributed by atoms with Crippen molar-refractivity contribution in [3.63, 3.8) is 0 Å². The number of benzene rings is 2. The van der Waals surface area contributed by atoms with Gasteiger partial charge in [0, 0.05) is 38.3 Å². The lowest BCUT2D eigenvalue weighted by atomic mass is 10.1. The Morgan fingerprint density at radius 1 is 0.939 bits per heavy atom. The zero-order chi connectivity index (χ0) is 23.8. The summed E-state index contributed by atoms with van der Waals surface area (Å²) in [5.41, 5.74) is 0.491. The number of rotatable bonds is 6. The third-order valence-electron chi connectivity index (χ3n) is 6.33. The molecule has 2 aromatic rings. The molecule has 2 aliphatic heterocycles. The van der Waals surface area contributed by atoms with Crippen LogP contribution in [0.1, 0.15) is 0 Å². The number of sulfone groups is 2. The van der Waals surface area contributed by atoms with Crippen molar-refractivity contribution >= 4 is 25.4 Å². The summed E-state index contributed by atoms with van der Waals surface area (Å²) in [4.78, 5) is 3.80. The second-order valence-electron chi connectivity index (χ2n) is 8.22. The molecule has 0 saturated carbocycles. The maximum atomic E-state index is 14.2. The number of ether oxygens (including phenoxy) is 2. The highest BCUT2D eigenvalue weighted by atomic mass is 32.2. The molecule has 180 valence electrons. The van der Waals surface area contributed by atoms with Crippen LogP contribution in [0.3, 0.4) is 0 Å². The molecule has 2 fully saturated rings. The Morgan fingerprint density at radius 2 is 1.61 bits per heavy atom. The summed E-state index contributed by atoms with van der Waals surface area (Å²) in [5, 5.41) is -1.10. The first-order chi connectivity index (χ1) is 15.7. The molecule has 2 aromatic carbocycles. The number of hydrogen-bond acceptors (Lipinski definition) is 8. The van der Waals surface area contributed by atoms with E-state index < -0.39 is 36.7 Å². The molecule has 0 aliphatic carbocycles. The summed E-state index contributed by atoms with van der Waals surface area (Å²) in [6.07, 6.45) is 0. The molecule has 2 heterocycles. The molecule has 0 bridgehead atoms. The molecule has 2 aliphatic rings. The number of methoxy groups -OCH3 is 2. The highest BCUT2D eigenvalue weighted by Crippen LogP contribution is 2.35. The lowest BCUT2D eigenvalue weighted by Gasteiger charge is -2.40. The number of halogens is 1. The van der Waals surface area contributed by atoms with E-state index in [1.165, 1.54) is 38.5 Å². The Labute approximate surface area is 193 Å². The van der Waals surface area contributed by atoms with E-state index in [4.69, 9.17) is 9.47 Å². The van der Waals surface area contributed by atoms with Gasteiger partial charge in [-0.05, 0) is 24.3 Å². The highest BCUT2D eigenvalue weighted by Gasteiger charge is 2.48. The van der Waals surface area contributed by atoms with Crippen LogP contribution in [0, 0.1) is 5.82 Å². The minimum Gasteiger partial charge on any atom is -0.493 e. The van der Waals surface area contributed by atoms with Crippen LogP contribution in [-0.4, -0.2) is 84.9 Å². The summed E-state index contributed by atoms with van der Waals surface area (Å²) >= 11 is 0. The topological polar surface area (TPSA) is 93.2 Å². The molecular formula is C22H27FN2O6S2. The van der Waals surface area contributed by atoms with Gasteiger partial charge in [-0.25, -0.2) is 21.2 Å². The highest BCUT2D eigenvalue weighted by molar-refractivity contribution is 7.96. The predicted molar refractivity (Wildman–Crippen MR) is 123 cm³/mol. The first-order valence-electron chi connectivity index (χ1n) is 10.6. The normalized spacial score (nSPS) is 23.4. The summed E-state index contributed by atoms with van der Waals surface area (Å²) in [6.45, 7) is 1.82. The van der Waals surface area contributed by atoms with E-state index in [2.05, 4.69) is 0 Å². The third kappa shape index (κ3) is 4.67. The van der Waals surface area contributed by atoms with Gasteiger partial charge in [-0.15, -0.1) is 0 Å². The Balaban J connectivity index is 1.58. The lowest BCUT2D eigenvalue weighted by molar-refractivity contribution is 0.201. The molecule has 4 rings (SSSR count). The van der Waals surface area contributed by atoms with E-state index in [9.17, 15) is 21.2 Å². The lowest BCUT2D eigenvalue weighted by Crippen LogP contribution is -2.55. The van der Waals surface area contributed by atoms with Gasteiger partial charge in [0.1, 0.15) is 5.82 Å². The molecular weight excluding hydrogens is 471 g/mol. The fourth-order valence-electron chi connectivity index (χ4n) is 4.60. The van der Waals surface area contributed by atoms with Crippen molar-refractivity contribution in [1.29, 1.82) is 0 Å². The number of hydrogen-bond donors (Lipinski definition) is 0. The molecule has 33 heavy (non-hydrogen) atoms. The average molecular weight is 499 g/mol. The monoisotopic (exact) mass is 498 g/mol. The van der Waals surface area contributed by atoms with Crippen molar-refractivity contribution in [3.05, 3.63) is 48.3 Å². The predicted octanol–water partition coefficient (Wildman–Crippen LogP) is 1.60. The Morgan fingerprint density at radius 3 is 2.24 bits per heavy atom. The fourth-order valence-corrected chi connectivity index (χ4v) is 9.45. The van der Waals surface area contributed by atoms with Crippen LogP contribution in [0.4, 0.5) is 10.1 Å². The van der Waals surface area contributed by atoms with Gasteiger partial charge >= 0.3 is 0 Å². The molecule has 0 radical (unpaired) electrons. The van der Waals surface area contributed by atoms with Crippen molar-refractivity contribution in [2.24, 2.45) is 0 Å². The fraction of sp³-hybridized carbons (Fsp3) is 0.455. The van der Waals surface area contributed by atoms with Gasteiger partial charge in [0.05, 0.1) is 41.6 Å². The van der Waals surface area contributed by atoms with E-state index >= 15 is 0 Å². The van der Waals surface area contributed by atoms with E-state index in [0.717, 1.165) is 0 Å². The van der Waals surface area contributed by atoms with Crippen LogP contribution >= 0.6 is 0 Å². The van der Waals surface area contributed by atoms with E-state index in [-0.39, 0.29) is 22.2 Å². The molecule has 0 aromatic heterocycles. The summed E-state index contributed by atoms with van der Waals surface area (Å²) < 4.78 is 76.7. The smallest absolute Gasteiger partial charge is 0.183 e. The standard InChI is InChI=1S/C22H27FN2O6S2/c1-30-20-8-7-16(13-21(20)31-2)33(28,29)22-15-32(26,27)14-19(22)25-11-9-24(10-12-25)18-6-4-3-5-17(18)23/h3-8,13,19,22H,9-12,14-15H2,1-2H3/t19-,22-/m0/s1.